The van der Waals surface area contributed by atoms with Crippen molar-refractivity contribution in [1.29, 1.82) is 0 Å². The van der Waals surface area contributed by atoms with E-state index in [9.17, 15) is 4.79 Å². The van der Waals surface area contributed by atoms with Crippen LogP contribution in [-0.4, -0.2) is 17.8 Å². The van der Waals surface area contributed by atoms with E-state index in [2.05, 4.69) is 0 Å². The number of benzene rings is 3. The molecule has 1 aliphatic rings. The van der Waals surface area contributed by atoms with Crippen LogP contribution in [0.4, 0.5) is 0 Å². The second-order valence-electron chi connectivity index (χ2n) is 6.33. The van der Waals surface area contributed by atoms with Gasteiger partial charge >= 0.3 is 5.97 Å². The predicted molar refractivity (Wildman–Crippen MR) is 108 cm³/mol. The van der Waals surface area contributed by atoms with Crippen LogP contribution in [-0.2, 0) is 11.3 Å². The molecule has 1 aliphatic carbocycles. The van der Waals surface area contributed by atoms with E-state index in [-0.39, 0.29) is 5.97 Å². The smallest absolute Gasteiger partial charge is 0.339 e. The Bertz CT molecular complexity index is 991. The SMILES string of the molecule is O=C(OC1C=Cc2ccccc2C1=NCc1ccccc1)c1ccccc1. The number of nitrogens with zero attached hydrogens (tertiary/aromatic N) is 1. The summed E-state index contributed by atoms with van der Waals surface area (Å²) in [5.41, 5.74) is 4.51. The van der Waals surface area contributed by atoms with Crippen molar-refractivity contribution in [2.45, 2.75) is 12.6 Å². The Morgan fingerprint density at radius 2 is 1.52 bits per heavy atom. The Balaban J connectivity index is 1.64. The predicted octanol–water partition coefficient (Wildman–Crippen LogP) is 4.93. The normalized spacial score (nSPS) is 16.7. The second kappa shape index (κ2) is 7.83. The molecule has 3 aromatic rings. The number of hydrogen-bond acceptors (Lipinski definition) is 3. The third kappa shape index (κ3) is 3.87. The molecule has 0 aromatic heterocycles. The highest BCUT2D eigenvalue weighted by Crippen LogP contribution is 2.23. The Morgan fingerprint density at radius 1 is 0.852 bits per heavy atom. The van der Waals surface area contributed by atoms with Crippen LogP contribution >= 0.6 is 0 Å². The van der Waals surface area contributed by atoms with Gasteiger partial charge in [0.25, 0.3) is 0 Å². The summed E-state index contributed by atoms with van der Waals surface area (Å²) in [5, 5.41) is 0. The molecule has 0 spiro atoms. The highest BCUT2D eigenvalue weighted by molar-refractivity contribution is 6.10. The zero-order valence-corrected chi connectivity index (χ0v) is 14.8. The third-order valence-corrected chi connectivity index (χ3v) is 4.48. The van der Waals surface area contributed by atoms with Gasteiger partial charge in [0.1, 0.15) is 0 Å². The van der Waals surface area contributed by atoms with Gasteiger partial charge in [0.15, 0.2) is 6.10 Å². The summed E-state index contributed by atoms with van der Waals surface area (Å²) in [6.07, 6.45) is 3.38. The molecule has 3 aromatic carbocycles. The maximum Gasteiger partial charge on any atom is 0.339 e. The Hall–Kier alpha value is -3.46. The van der Waals surface area contributed by atoms with Gasteiger partial charge in [-0.15, -0.1) is 0 Å². The van der Waals surface area contributed by atoms with Crippen LogP contribution in [0.25, 0.3) is 6.08 Å². The minimum Gasteiger partial charge on any atom is -0.448 e. The Labute approximate surface area is 158 Å². The monoisotopic (exact) mass is 353 g/mol. The summed E-state index contributed by atoms with van der Waals surface area (Å²) in [6, 6.07) is 27.1. The summed E-state index contributed by atoms with van der Waals surface area (Å²) in [4.78, 5) is 17.3. The van der Waals surface area contributed by atoms with Gasteiger partial charge in [-0.25, -0.2) is 4.79 Å². The summed E-state index contributed by atoms with van der Waals surface area (Å²) < 4.78 is 5.78. The maximum atomic E-state index is 12.5. The highest BCUT2D eigenvalue weighted by atomic mass is 16.5. The minimum atomic E-state index is -0.503. The lowest BCUT2D eigenvalue weighted by Crippen LogP contribution is -2.29. The van der Waals surface area contributed by atoms with Crippen LogP contribution in [0.5, 0.6) is 0 Å². The molecule has 0 aliphatic heterocycles. The molecule has 1 atom stereocenters. The first-order valence-electron chi connectivity index (χ1n) is 8.93. The number of esters is 1. The van der Waals surface area contributed by atoms with Crippen LogP contribution in [0.15, 0.2) is 96.0 Å². The zero-order chi connectivity index (χ0) is 18.5. The van der Waals surface area contributed by atoms with Crippen LogP contribution < -0.4 is 0 Å². The van der Waals surface area contributed by atoms with E-state index < -0.39 is 6.10 Å². The molecule has 0 amide bonds. The van der Waals surface area contributed by atoms with E-state index in [1.54, 1.807) is 12.1 Å². The van der Waals surface area contributed by atoms with E-state index in [1.807, 2.05) is 84.9 Å². The molecule has 4 rings (SSSR count). The lowest BCUT2D eigenvalue weighted by molar-refractivity contribution is 0.0487. The summed E-state index contributed by atoms with van der Waals surface area (Å²) in [5.74, 6) is -0.350. The van der Waals surface area contributed by atoms with Crippen molar-refractivity contribution in [2.24, 2.45) is 4.99 Å². The number of hydrogen-bond donors (Lipinski definition) is 0. The number of carbonyl (C=O) groups excluding carboxylic acids is 1. The molecule has 132 valence electrons. The standard InChI is InChI=1S/C24H19NO2/c26-24(20-12-5-2-6-13-20)27-22-16-15-19-11-7-8-14-21(19)23(22)25-17-18-9-3-1-4-10-18/h1-16,22H,17H2. The van der Waals surface area contributed by atoms with Gasteiger partial charge in [-0.3, -0.25) is 4.99 Å². The molecule has 27 heavy (non-hydrogen) atoms. The Kier molecular flexibility index (Phi) is 4.93. The van der Waals surface area contributed by atoms with Gasteiger partial charge in [0, 0.05) is 5.56 Å². The zero-order valence-electron chi connectivity index (χ0n) is 14.8. The topological polar surface area (TPSA) is 38.7 Å². The number of rotatable bonds is 4. The number of aliphatic imine (C=N–C) groups is 1. The average Bonchev–Trinajstić information content (AvgIpc) is 2.74. The summed E-state index contributed by atoms with van der Waals surface area (Å²) in [7, 11) is 0. The van der Waals surface area contributed by atoms with Gasteiger partial charge in [-0.2, -0.15) is 0 Å². The van der Waals surface area contributed by atoms with E-state index in [0.29, 0.717) is 12.1 Å². The van der Waals surface area contributed by atoms with Gasteiger partial charge < -0.3 is 4.74 Å². The Morgan fingerprint density at radius 3 is 2.30 bits per heavy atom. The fourth-order valence-corrected chi connectivity index (χ4v) is 3.10. The molecule has 0 saturated heterocycles. The van der Waals surface area contributed by atoms with Crippen molar-refractivity contribution in [3.63, 3.8) is 0 Å². The first-order valence-corrected chi connectivity index (χ1v) is 8.93. The van der Waals surface area contributed by atoms with E-state index >= 15 is 0 Å². The molecule has 0 heterocycles. The molecular weight excluding hydrogens is 334 g/mol. The lowest BCUT2D eigenvalue weighted by Gasteiger charge is -2.22. The average molecular weight is 353 g/mol. The van der Waals surface area contributed by atoms with E-state index in [4.69, 9.17) is 9.73 Å². The number of ether oxygens (including phenoxy) is 1. The molecule has 0 bridgehead atoms. The molecule has 0 N–H and O–H groups in total. The molecule has 3 nitrogen and oxygen atoms in total. The van der Waals surface area contributed by atoms with Gasteiger partial charge in [0.05, 0.1) is 17.8 Å². The van der Waals surface area contributed by atoms with Crippen LogP contribution in [0.3, 0.4) is 0 Å². The van der Waals surface area contributed by atoms with Crippen molar-refractivity contribution in [3.8, 4) is 0 Å². The van der Waals surface area contributed by atoms with Crippen molar-refractivity contribution < 1.29 is 9.53 Å². The fraction of sp³-hybridized carbons (Fsp3) is 0.0833. The first kappa shape index (κ1) is 17.0. The second-order valence-corrected chi connectivity index (χ2v) is 6.33. The van der Waals surface area contributed by atoms with Crippen LogP contribution in [0, 0.1) is 0 Å². The van der Waals surface area contributed by atoms with Gasteiger partial charge in [0.2, 0.25) is 0 Å². The van der Waals surface area contributed by atoms with Crippen molar-refractivity contribution in [3.05, 3.63) is 113 Å². The first-order chi connectivity index (χ1) is 13.3. The van der Waals surface area contributed by atoms with Crippen molar-refractivity contribution in [1.82, 2.24) is 0 Å². The molecule has 0 saturated carbocycles. The largest absolute Gasteiger partial charge is 0.448 e. The fourth-order valence-electron chi connectivity index (χ4n) is 3.10. The highest BCUT2D eigenvalue weighted by Gasteiger charge is 2.25. The van der Waals surface area contributed by atoms with Crippen molar-refractivity contribution >= 4 is 17.8 Å². The van der Waals surface area contributed by atoms with Gasteiger partial charge in [-0.1, -0.05) is 78.9 Å². The van der Waals surface area contributed by atoms with E-state index in [1.165, 1.54) is 0 Å². The van der Waals surface area contributed by atoms with Gasteiger partial charge in [-0.05, 0) is 29.3 Å². The maximum absolute atomic E-state index is 12.5. The molecule has 0 fully saturated rings. The molecular formula is C24H19NO2. The quantitative estimate of drug-likeness (QED) is 0.624. The number of carbonyl (C=O) groups is 1. The van der Waals surface area contributed by atoms with Crippen LogP contribution in [0.1, 0.15) is 27.0 Å². The minimum absolute atomic E-state index is 0.350. The molecule has 1 unspecified atom stereocenters. The number of fused-ring (bicyclic) bond motifs is 1. The molecule has 0 radical (unpaired) electrons. The lowest BCUT2D eigenvalue weighted by atomic mass is 9.93. The summed E-state index contributed by atoms with van der Waals surface area (Å²) in [6.45, 7) is 0.539. The van der Waals surface area contributed by atoms with Crippen LogP contribution in [0.2, 0.25) is 0 Å². The summed E-state index contributed by atoms with van der Waals surface area (Å²) >= 11 is 0. The third-order valence-electron chi connectivity index (χ3n) is 4.48. The van der Waals surface area contributed by atoms with Crippen molar-refractivity contribution in [2.75, 3.05) is 0 Å². The molecule has 3 heteroatoms. The van der Waals surface area contributed by atoms with E-state index in [0.717, 1.165) is 22.4 Å².